The minimum Gasteiger partial charge on any atom is -0.492 e. The Balaban J connectivity index is 2.32. The van der Waals surface area contributed by atoms with Crippen LogP contribution in [0.4, 0.5) is 0 Å². The third-order valence-electron chi connectivity index (χ3n) is 3.64. The molecule has 2 aromatic carbocycles. The molecule has 0 saturated heterocycles. The van der Waals surface area contributed by atoms with E-state index in [4.69, 9.17) is 10.00 Å². The SMILES string of the molecule is C[C@@H](O)c1ccc2ccccc2c1OCCC(C)(C)C#N. The van der Waals surface area contributed by atoms with Gasteiger partial charge in [-0.3, -0.25) is 0 Å². The summed E-state index contributed by atoms with van der Waals surface area (Å²) in [6.45, 7) is 5.98. The van der Waals surface area contributed by atoms with E-state index in [1.807, 2.05) is 50.2 Å². The van der Waals surface area contributed by atoms with Gasteiger partial charge in [-0.1, -0.05) is 36.4 Å². The minimum atomic E-state index is -0.589. The van der Waals surface area contributed by atoms with Crippen molar-refractivity contribution in [1.82, 2.24) is 0 Å². The number of nitriles is 1. The van der Waals surface area contributed by atoms with Crippen LogP contribution in [0.25, 0.3) is 10.8 Å². The van der Waals surface area contributed by atoms with E-state index < -0.39 is 11.5 Å². The molecule has 0 aromatic heterocycles. The van der Waals surface area contributed by atoms with Gasteiger partial charge < -0.3 is 9.84 Å². The Bertz CT molecular complexity index is 668. The van der Waals surface area contributed by atoms with Crippen LogP contribution in [-0.2, 0) is 0 Å². The number of aliphatic hydroxyl groups excluding tert-OH is 1. The number of benzene rings is 2. The lowest BCUT2D eigenvalue weighted by molar-refractivity contribution is 0.189. The van der Waals surface area contributed by atoms with Crippen LogP contribution in [0.15, 0.2) is 36.4 Å². The molecule has 0 spiro atoms. The van der Waals surface area contributed by atoms with Crippen LogP contribution in [0.2, 0.25) is 0 Å². The molecule has 0 unspecified atom stereocenters. The highest BCUT2D eigenvalue weighted by molar-refractivity contribution is 5.89. The second kappa shape index (κ2) is 6.15. The number of rotatable bonds is 5. The zero-order valence-electron chi connectivity index (χ0n) is 12.8. The van der Waals surface area contributed by atoms with Gasteiger partial charge in [-0.05, 0) is 32.6 Å². The van der Waals surface area contributed by atoms with Crippen molar-refractivity contribution in [3.05, 3.63) is 42.0 Å². The van der Waals surface area contributed by atoms with Crippen LogP contribution in [0, 0.1) is 16.7 Å². The lowest BCUT2D eigenvalue weighted by Gasteiger charge is -2.19. The van der Waals surface area contributed by atoms with E-state index in [-0.39, 0.29) is 0 Å². The van der Waals surface area contributed by atoms with E-state index in [1.165, 1.54) is 0 Å². The van der Waals surface area contributed by atoms with E-state index in [2.05, 4.69) is 6.07 Å². The van der Waals surface area contributed by atoms with Crippen molar-refractivity contribution in [2.24, 2.45) is 5.41 Å². The van der Waals surface area contributed by atoms with Crippen molar-refractivity contribution in [2.45, 2.75) is 33.3 Å². The van der Waals surface area contributed by atoms with Crippen LogP contribution < -0.4 is 4.74 Å². The van der Waals surface area contributed by atoms with Gasteiger partial charge in [0.1, 0.15) is 5.75 Å². The van der Waals surface area contributed by atoms with Crippen molar-refractivity contribution in [3.63, 3.8) is 0 Å². The molecule has 2 aromatic rings. The predicted octanol–water partition coefficient (Wildman–Crippen LogP) is 4.21. The van der Waals surface area contributed by atoms with Gasteiger partial charge in [-0.25, -0.2) is 0 Å². The standard InChI is InChI=1S/C18H21NO2/c1-13(20)15-9-8-14-6-4-5-7-16(14)17(15)21-11-10-18(2,3)12-19/h4-9,13,20H,10-11H2,1-3H3/t13-/m1/s1. The molecule has 21 heavy (non-hydrogen) atoms. The molecule has 3 heteroatoms. The summed E-state index contributed by atoms with van der Waals surface area (Å²) in [6.07, 6.45) is 0.0555. The third-order valence-corrected chi connectivity index (χ3v) is 3.64. The number of ether oxygens (including phenoxy) is 1. The summed E-state index contributed by atoms with van der Waals surface area (Å²) in [5, 5.41) is 21.1. The first-order valence-electron chi connectivity index (χ1n) is 7.18. The molecular weight excluding hydrogens is 262 g/mol. The van der Waals surface area contributed by atoms with Crippen molar-refractivity contribution >= 4 is 10.8 Å². The van der Waals surface area contributed by atoms with Crippen molar-refractivity contribution in [1.29, 1.82) is 5.26 Å². The Kier molecular flexibility index (Phi) is 4.50. The van der Waals surface area contributed by atoms with E-state index in [9.17, 15) is 5.11 Å². The van der Waals surface area contributed by atoms with Gasteiger partial charge >= 0.3 is 0 Å². The number of fused-ring (bicyclic) bond motifs is 1. The number of aliphatic hydroxyl groups is 1. The lowest BCUT2D eigenvalue weighted by atomic mass is 9.92. The van der Waals surface area contributed by atoms with Gasteiger partial charge in [0.05, 0.1) is 24.2 Å². The van der Waals surface area contributed by atoms with E-state index in [0.29, 0.717) is 13.0 Å². The smallest absolute Gasteiger partial charge is 0.132 e. The Morgan fingerprint density at radius 2 is 1.95 bits per heavy atom. The first kappa shape index (κ1) is 15.3. The summed E-state index contributed by atoms with van der Waals surface area (Å²) in [7, 11) is 0. The molecule has 110 valence electrons. The second-order valence-corrected chi connectivity index (χ2v) is 5.98. The van der Waals surface area contributed by atoms with Crippen LogP contribution in [-0.4, -0.2) is 11.7 Å². The van der Waals surface area contributed by atoms with Crippen LogP contribution in [0.1, 0.15) is 38.9 Å². The Morgan fingerprint density at radius 3 is 2.62 bits per heavy atom. The number of hydrogen-bond donors (Lipinski definition) is 1. The van der Waals surface area contributed by atoms with Crippen LogP contribution in [0.5, 0.6) is 5.75 Å². The zero-order chi connectivity index (χ0) is 15.5. The van der Waals surface area contributed by atoms with E-state index in [0.717, 1.165) is 22.1 Å². The topological polar surface area (TPSA) is 53.2 Å². The minimum absolute atomic E-state index is 0.407. The van der Waals surface area contributed by atoms with Crippen LogP contribution in [0.3, 0.4) is 0 Å². The monoisotopic (exact) mass is 283 g/mol. The summed E-state index contributed by atoms with van der Waals surface area (Å²) >= 11 is 0. The average molecular weight is 283 g/mol. The Morgan fingerprint density at radius 1 is 1.24 bits per heavy atom. The lowest BCUT2D eigenvalue weighted by Crippen LogP contribution is -2.14. The van der Waals surface area contributed by atoms with E-state index >= 15 is 0 Å². The first-order chi connectivity index (χ1) is 9.94. The highest BCUT2D eigenvalue weighted by Crippen LogP contribution is 2.34. The summed E-state index contributed by atoms with van der Waals surface area (Å²) < 4.78 is 5.94. The maximum absolute atomic E-state index is 9.94. The van der Waals surface area contributed by atoms with Crippen LogP contribution >= 0.6 is 0 Å². The fourth-order valence-corrected chi connectivity index (χ4v) is 2.21. The molecule has 1 atom stereocenters. The predicted molar refractivity (Wildman–Crippen MR) is 84.1 cm³/mol. The summed E-state index contributed by atoms with van der Waals surface area (Å²) in [5.41, 5.74) is 0.374. The van der Waals surface area contributed by atoms with Crippen molar-refractivity contribution < 1.29 is 9.84 Å². The highest BCUT2D eigenvalue weighted by Gasteiger charge is 2.18. The second-order valence-electron chi connectivity index (χ2n) is 5.98. The summed E-state index contributed by atoms with van der Waals surface area (Å²) in [6, 6.07) is 14.1. The van der Waals surface area contributed by atoms with Gasteiger partial charge in [0.25, 0.3) is 0 Å². The Labute approximate surface area is 125 Å². The highest BCUT2D eigenvalue weighted by atomic mass is 16.5. The van der Waals surface area contributed by atoms with Gasteiger partial charge in [-0.2, -0.15) is 5.26 Å². The molecule has 0 aliphatic heterocycles. The zero-order valence-corrected chi connectivity index (χ0v) is 12.8. The molecule has 1 N–H and O–H groups in total. The number of nitrogens with zero attached hydrogens (tertiary/aromatic N) is 1. The van der Waals surface area contributed by atoms with Crippen molar-refractivity contribution in [3.8, 4) is 11.8 Å². The fourth-order valence-electron chi connectivity index (χ4n) is 2.21. The molecule has 0 bridgehead atoms. The molecule has 0 amide bonds. The molecule has 0 aliphatic rings. The molecule has 0 saturated carbocycles. The average Bonchev–Trinajstić information content (AvgIpc) is 2.47. The molecule has 0 radical (unpaired) electrons. The molecule has 2 rings (SSSR count). The summed E-state index contributed by atoms with van der Waals surface area (Å²) in [5.74, 6) is 0.719. The fraction of sp³-hybridized carbons (Fsp3) is 0.389. The van der Waals surface area contributed by atoms with Gasteiger partial charge in [0.15, 0.2) is 0 Å². The van der Waals surface area contributed by atoms with Gasteiger partial charge in [0, 0.05) is 10.9 Å². The van der Waals surface area contributed by atoms with Gasteiger partial charge in [0.2, 0.25) is 0 Å². The maximum Gasteiger partial charge on any atom is 0.132 e. The molecule has 0 heterocycles. The molecule has 0 fully saturated rings. The third kappa shape index (κ3) is 3.53. The maximum atomic E-state index is 9.94. The molecule has 0 aliphatic carbocycles. The molecule has 3 nitrogen and oxygen atoms in total. The molecular formula is C18H21NO2. The van der Waals surface area contributed by atoms with Crippen molar-refractivity contribution in [2.75, 3.05) is 6.61 Å². The summed E-state index contributed by atoms with van der Waals surface area (Å²) in [4.78, 5) is 0. The first-order valence-corrected chi connectivity index (χ1v) is 7.18. The van der Waals surface area contributed by atoms with E-state index in [1.54, 1.807) is 6.92 Å². The number of hydrogen-bond acceptors (Lipinski definition) is 3. The van der Waals surface area contributed by atoms with Gasteiger partial charge in [-0.15, -0.1) is 0 Å². The normalized spacial score (nSPS) is 12.9. The Hall–Kier alpha value is -2.05. The largest absolute Gasteiger partial charge is 0.492 e. The quantitative estimate of drug-likeness (QED) is 0.894.